The van der Waals surface area contributed by atoms with Gasteiger partial charge in [0.1, 0.15) is 11.8 Å². The number of nitrogens with one attached hydrogen (secondary N) is 1. The second-order valence-electron chi connectivity index (χ2n) is 3.73. The van der Waals surface area contributed by atoms with Gasteiger partial charge in [-0.05, 0) is 12.1 Å². The average molecular weight is 217 g/mol. The molecule has 0 saturated carbocycles. The van der Waals surface area contributed by atoms with Crippen molar-refractivity contribution in [2.24, 2.45) is 0 Å². The fourth-order valence-electron chi connectivity index (χ4n) is 1.90. The van der Waals surface area contributed by atoms with Crippen molar-refractivity contribution in [3.8, 4) is 11.8 Å². The number of hydrogen-bond acceptors (Lipinski definition) is 4. The molecule has 0 spiro atoms. The van der Waals surface area contributed by atoms with Gasteiger partial charge in [0.25, 0.3) is 0 Å². The maximum atomic E-state index is 9.08. The van der Waals surface area contributed by atoms with Crippen molar-refractivity contribution in [3.63, 3.8) is 0 Å². The fraction of sp³-hybridized carbons (Fsp3) is 0.417. The molecule has 84 valence electrons. The van der Waals surface area contributed by atoms with Crippen molar-refractivity contribution in [1.82, 2.24) is 5.32 Å². The van der Waals surface area contributed by atoms with Crippen molar-refractivity contribution in [2.75, 3.05) is 38.2 Å². The summed E-state index contributed by atoms with van der Waals surface area (Å²) in [5.74, 6) is 0.799. The third-order valence-electron chi connectivity index (χ3n) is 2.78. The highest BCUT2D eigenvalue weighted by Crippen LogP contribution is 2.25. The number of anilines is 1. The smallest absolute Gasteiger partial charge is 0.121 e. The maximum Gasteiger partial charge on any atom is 0.121 e. The van der Waals surface area contributed by atoms with Crippen LogP contribution in [0, 0.1) is 11.3 Å². The fourth-order valence-corrected chi connectivity index (χ4v) is 1.90. The molecule has 4 nitrogen and oxygen atoms in total. The molecule has 1 aliphatic heterocycles. The number of rotatable bonds is 2. The Morgan fingerprint density at radius 3 is 2.75 bits per heavy atom. The summed E-state index contributed by atoms with van der Waals surface area (Å²) in [6.45, 7) is 3.79. The molecule has 1 aliphatic rings. The van der Waals surface area contributed by atoms with Crippen molar-refractivity contribution in [1.29, 1.82) is 5.26 Å². The van der Waals surface area contributed by atoms with Crippen molar-refractivity contribution >= 4 is 5.69 Å². The molecule has 0 aromatic heterocycles. The largest absolute Gasteiger partial charge is 0.497 e. The molecule has 1 aromatic carbocycles. The number of ether oxygens (including phenoxy) is 1. The number of piperazine rings is 1. The topological polar surface area (TPSA) is 48.3 Å². The minimum Gasteiger partial charge on any atom is -0.497 e. The standard InChI is InChI=1S/C12H15N3O/c1-16-11-3-2-10(9-13)12(8-11)15-6-4-14-5-7-15/h2-3,8,14H,4-7H2,1H3. The number of methoxy groups -OCH3 is 1. The predicted octanol–water partition coefficient (Wildman–Crippen LogP) is 0.976. The number of nitrogens with zero attached hydrogens (tertiary/aromatic N) is 2. The molecule has 1 saturated heterocycles. The van der Waals surface area contributed by atoms with Gasteiger partial charge in [0, 0.05) is 32.2 Å². The predicted molar refractivity (Wildman–Crippen MR) is 62.8 cm³/mol. The van der Waals surface area contributed by atoms with Crippen LogP contribution in [0.2, 0.25) is 0 Å². The van der Waals surface area contributed by atoms with Crippen molar-refractivity contribution in [2.45, 2.75) is 0 Å². The summed E-state index contributed by atoms with van der Waals surface area (Å²) < 4.78 is 5.19. The van der Waals surface area contributed by atoms with Gasteiger partial charge < -0.3 is 15.0 Å². The van der Waals surface area contributed by atoms with Crippen LogP contribution in [0.1, 0.15) is 5.56 Å². The van der Waals surface area contributed by atoms with E-state index >= 15 is 0 Å². The Labute approximate surface area is 95.4 Å². The molecule has 0 radical (unpaired) electrons. The summed E-state index contributed by atoms with van der Waals surface area (Å²) in [5, 5.41) is 12.4. The third-order valence-corrected chi connectivity index (χ3v) is 2.78. The van der Waals surface area contributed by atoms with E-state index in [1.807, 2.05) is 18.2 Å². The highest BCUT2D eigenvalue weighted by Gasteiger charge is 2.14. The van der Waals surface area contributed by atoms with E-state index in [1.165, 1.54) is 0 Å². The summed E-state index contributed by atoms with van der Waals surface area (Å²) in [6, 6.07) is 7.80. The summed E-state index contributed by atoms with van der Waals surface area (Å²) in [4.78, 5) is 2.22. The van der Waals surface area contributed by atoms with Crippen LogP contribution in [0.15, 0.2) is 18.2 Å². The monoisotopic (exact) mass is 217 g/mol. The Morgan fingerprint density at radius 2 is 2.12 bits per heavy atom. The second-order valence-corrected chi connectivity index (χ2v) is 3.73. The minimum absolute atomic E-state index is 0.711. The van der Waals surface area contributed by atoms with E-state index in [2.05, 4.69) is 16.3 Å². The highest BCUT2D eigenvalue weighted by atomic mass is 16.5. The molecule has 1 heterocycles. The van der Waals surface area contributed by atoms with Crippen molar-refractivity contribution in [3.05, 3.63) is 23.8 Å². The van der Waals surface area contributed by atoms with Gasteiger partial charge in [-0.2, -0.15) is 5.26 Å². The van der Waals surface area contributed by atoms with Crippen LogP contribution in [0.25, 0.3) is 0 Å². The van der Waals surface area contributed by atoms with Crippen LogP contribution in [0.3, 0.4) is 0 Å². The molecule has 16 heavy (non-hydrogen) atoms. The van der Waals surface area contributed by atoms with Crippen molar-refractivity contribution < 1.29 is 4.74 Å². The van der Waals surface area contributed by atoms with E-state index < -0.39 is 0 Å². The molecule has 4 heteroatoms. The van der Waals surface area contributed by atoms with Crippen LogP contribution in [0.5, 0.6) is 5.75 Å². The molecule has 1 N–H and O–H groups in total. The molecule has 0 aliphatic carbocycles. The van der Waals surface area contributed by atoms with E-state index in [1.54, 1.807) is 7.11 Å². The lowest BCUT2D eigenvalue weighted by Gasteiger charge is -2.30. The molecule has 1 fully saturated rings. The summed E-state index contributed by atoms with van der Waals surface area (Å²) in [5.41, 5.74) is 1.69. The van der Waals surface area contributed by atoms with Gasteiger partial charge in [-0.3, -0.25) is 0 Å². The van der Waals surface area contributed by atoms with Gasteiger partial charge in [-0.15, -0.1) is 0 Å². The molecule has 0 amide bonds. The first kappa shape index (κ1) is 10.8. The first-order valence-electron chi connectivity index (χ1n) is 5.39. The minimum atomic E-state index is 0.711. The zero-order valence-corrected chi connectivity index (χ0v) is 9.36. The highest BCUT2D eigenvalue weighted by molar-refractivity contribution is 5.62. The molecule has 0 atom stereocenters. The van der Waals surface area contributed by atoms with Gasteiger partial charge in [0.15, 0.2) is 0 Å². The quantitative estimate of drug-likeness (QED) is 0.802. The molecule has 0 bridgehead atoms. The Kier molecular flexibility index (Phi) is 3.28. The van der Waals surface area contributed by atoms with Gasteiger partial charge in [0.05, 0.1) is 18.4 Å². The summed E-state index contributed by atoms with van der Waals surface area (Å²) >= 11 is 0. The number of benzene rings is 1. The Hall–Kier alpha value is -1.73. The molecule has 2 rings (SSSR count). The Morgan fingerprint density at radius 1 is 1.38 bits per heavy atom. The van der Waals surface area contributed by atoms with E-state index in [4.69, 9.17) is 10.00 Å². The van der Waals surface area contributed by atoms with E-state index in [0.717, 1.165) is 37.6 Å². The second kappa shape index (κ2) is 4.86. The Bertz CT molecular complexity index is 405. The lowest BCUT2D eigenvalue weighted by Crippen LogP contribution is -2.43. The van der Waals surface area contributed by atoms with E-state index in [9.17, 15) is 0 Å². The first-order chi connectivity index (χ1) is 7.85. The SMILES string of the molecule is COc1ccc(C#N)c(N2CCNCC2)c1. The van der Waals surface area contributed by atoms with Crippen LogP contribution in [-0.2, 0) is 0 Å². The molecular formula is C12H15N3O. The van der Waals surface area contributed by atoms with Gasteiger partial charge in [-0.25, -0.2) is 0 Å². The lowest BCUT2D eigenvalue weighted by atomic mass is 10.1. The maximum absolute atomic E-state index is 9.08. The number of nitriles is 1. The van der Waals surface area contributed by atoms with Crippen LogP contribution >= 0.6 is 0 Å². The zero-order chi connectivity index (χ0) is 11.4. The third kappa shape index (κ3) is 2.10. The van der Waals surface area contributed by atoms with Gasteiger partial charge >= 0.3 is 0 Å². The summed E-state index contributed by atoms with van der Waals surface area (Å²) in [6.07, 6.45) is 0. The van der Waals surface area contributed by atoms with Gasteiger partial charge in [-0.1, -0.05) is 0 Å². The average Bonchev–Trinajstić information content (AvgIpc) is 2.39. The zero-order valence-electron chi connectivity index (χ0n) is 9.36. The first-order valence-corrected chi connectivity index (χ1v) is 5.39. The molecule has 0 unspecified atom stereocenters. The summed E-state index contributed by atoms with van der Waals surface area (Å²) in [7, 11) is 1.64. The Balaban J connectivity index is 2.32. The van der Waals surface area contributed by atoms with E-state index in [-0.39, 0.29) is 0 Å². The van der Waals surface area contributed by atoms with Crippen LogP contribution in [-0.4, -0.2) is 33.3 Å². The van der Waals surface area contributed by atoms with Crippen LogP contribution < -0.4 is 15.0 Å². The van der Waals surface area contributed by atoms with E-state index in [0.29, 0.717) is 5.56 Å². The van der Waals surface area contributed by atoms with Gasteiger partial charge in [0.2, 0.25) is 0 Å². The molecular weight excluding hydrogens is 202 g/mol. The number of hydrogen-bond donors (Lipinski definition) is 1. The van der Waals surface area contributed by atoms with Crippen LogP contribution in [0.4, 0.5) is 5.69 Å². The lowest BCUT2D eigenvalue weighted by molar-refractivity contribution is 0.414. The normalized spacial score (nSPS) is 15.6. The molecule has 1 aromatic rings.